The van der Waals surface area contributed by atoms with E-state index in [1.54, 1.807) is 36.4 Å². The van der Waals surface area contributed by atoms with Crippen LogP contribution in [0.2, 0.25) is 18.1 Å². The Morgan fingerprint density at radius 3 is 2.43 bits per heavy atom. The number of fused-ring (bicyclic) bond motifs is 1. The number of aromatic nitrogens is 5. The number of aliphatic hydroxyl groups is 1. The summed E-state index contributed by atoms with van der Waals surface area (Å²) in [4.78, 5) is 14.2. The molecule has 11 nitrogen and oxygen atoms in total. The molecular weight excluding hydrogens is 633 g/mol. The Kier molecular flexibility index (Phi) is 11.5. The molecule has 0 aliphatic heterocycles. The maximum Gasteiger partial charge on any atom is 0.200 e. The molecule has 2 atom stereocenters. The molecule has 13 heteroatoms. The highest BCUT2D eigenvalue weighted by atomic mass is 32.2. The summed E-state index contributed by atoms with van der Waals surface area (Å²) in [5, 5.41) is 17.3. The fourth-order valence-corrected chi connectivity index (χ4v) is 6.30. The third kappa shape index (κ3) is 8.77. The largest absolute Gasteiger partial charge is 0.598 e. The zero-order valence-electron chi connectivity index (χ0n) is 29.4. The average molecular weight is 683 g/mol. The molecule has 0 fully saturated rings. The molecule has 256 valence electrons. The molecule has 3 aromatic heterocycles. The van der Waals surface area contributed by atoms with Gasteiger partial charge in [-0.2, -0.15) is 5.10 Å². The smallest absolute Gasteiger partial charge is 0.200 e. The van der Waals surface area contributed by atoms with Gasteiger partial charge in [0.15, 0.2) is 19.9 Å². The Bertz CT molecular complexity index is 1650. The van der Waals surface area contributed by atoms with Gasteiger partial charge in [-0.1, -0.05) is 40.2 Å². The Hall–Kier alpha value is -2.91. The monoisotopic (exact) mass is 682 g/mol. The van der Waals surface area contributed by atoms with Gasteiger partial charge in [0.1, 0.15) is 17.1 Å². The predicted molar refractivity (Wildman–Crippen MR) is 189 cm³/mol. The predicted octanol–water partition coefficient (Wildman–Crippen LogP) is 6.42. The van der Waals surface area contributed by atoms with Crippen LogP contribution in [0.15, 0.2) is 48.9 Å². The fraction of sp³-hybridized carbons (Fsp3) is 0.529. The van der Waals surface area contributed by atoms with E-state index in [1.165, 1.54) is 0 Å². The molecule has 0 aliphatic carbocycles. The zero-order valence-corrected chi connectivity index (χ0v) is 31.2. The summed E-state index contributed by atoms with van der Waals surface area (Å²) < 4.78 is 35.0. The van der Waals surface area contributed by atoms with Crippen molar-refractivity contribution in [1.29, 1.82) is 0 Å². The van der Waals surface area contributed by atoms with E-state index in [2.05, 4.69) is 48.7 Å². The van der Waals surface area contributed by atoms with Crippen LogP contribution in [0.4, 0.5) is 0 Å². The van der Waals surface area contributed by atoms with Crippen LogP contribution >= 0.6 is 0 Å². The molecule has 0 aliphatic rings. The lowest BCUT2D eigenvalue weighted by Crippen LogP contribution is -2.51. The molecule has 0 bridgehead atoms. The lowest BCUT2D eigenvalue weighted by molar-refractivity contribution is 0.0101. The van der Waals surface area contributed by atoms with Crippen molar-refractivity contribution < 1.29 is 23.6 Å². The number of benzene rings is 1. The van der Waals surface area contributed by atoms with Crippen LogP contribution in [0.3, 0.4) is 0 Å². The van der Waals surface area contributed by atoms with Gasteiger partial charge in [-0.15, -0.1) is 4.72 Å². The number of ether oxygens (including phenoxy) is 2. The fourth-order valence-electron chi connectivity index (χ4n) is 4.54. The number of nitrogens with one attached hydrogen (secondary N) is 1. The third-order valence-electron chi connectivity index (χ3n) is 8.37. The molecule has 0 amide bonds. The molecule has 0 saturated heterocycles. The Morgan fingerprint density at radius 2 is 1.77 bits per heavy atom. The first-order valence-electron chi connectivity index (χ1n) is 16.0. The van der Waals surface area contributed by atoms with Crippen LogP contribution in [0, 0.1) is 0 Å². The van der Waals surface area contributed by atoms with Crippen LogP contribution in [0.5, 0.6) is 5.75 Å². The molecule has 47 heavy (non-hydrogen) atoms. The molecular formula is C34H50N6O5SSi. The minimum absolute atomic E-state index is 0.0726. The number of hydrogen-bond donors (Lipinski definition) is 2. The first-order valence-corrected chi connectivity index (χ1v) is 20.0. The van der Waals surface area contributed by atoms with Crippen LogP contribution in [0.1, 0.15) is 72.7 Å². The summed E-state index contributed by atoms with van der Waals surface area (Å²) in [6, 6.07) is 9.33. The van der Waals surface area contributed by atoms with Gasteiger partial charge in [0.2, 0.25) is 0 Å². The van der Waals surface area contributed by atoms with Crippen LogP contribution in [-0.2, 0) is 32.9 Å². The van der Waals surface area contributed by atoms with E-state index in [4.69, 9.17) is 23.9 Å². The maximum absolute atomic E-state index is 13.1. The van der Waals surface area contributed by atoms with Crippen LogP contribution in [0.25, 0.3) is 28.0 Å². The molecule has 4 aromatic rings. The van der Waals surface area contributed by atoms with Crippen molar-refractivity contribution in [3.05, 3.63) is 60.3 Å². The van der Waals surface area contributed by atoms with Crippen molar-refractivity contribution >= 4 is 30.6 Å². The van der Waals surface area contributed by atoms with Crippen molar-refractivity contribution in [3.63, 3.8) is 0 Å². The quantitative estimate of drug-likeness (QED) is 0.0663. The highest BCUT2D eigenvalue weighted by Crippen LogP contribution is 2.37. The minimum Gasteiger partial charge on any atom is -0.598 e. The molecule has 1 unspecified atom stereocenters. The first kappa shape index (κ1) is 36.9. The summed E-state index contributed by atoms with van der Waals surface area (Å²) in [5.41, 5.74) is 1.60. The standard InChI is InChI=1S/C34H50N6O5SSi/c1-11-15-34(41,39-46(42)32(2,3)4)30-14-12-13-27(38-30)24-18-28-26(29(19-24)44-17-16-43-8)21-36-40(28)31-22-35-20-25(37-31)23-45-47(9,10)33(5,6)7/h12-14,18-22,39,41H,11,15-17,23H2,1-10H3/t34-,46?/m0/s1. The molecule has 4 rings (SSSR count). The second-order valence-corrected chi connectivity index (χ2v) is 21.0. The molecule has 0 saturated carbocycles. The van der Waals surface area contributed by atoms with E-state index in [1.807, 2.05) is 52.0 Å². The number of nitrogens with zero attached hydrogens (tertiary/aromatic N) is 5. The van der Waals surface area contributed by atoms with Crippen LogP contribution in [-0.4, -0.2) is 67.8 Å². The van der Waals surface area contributed by atoms with E-state index in [0.29, 0.717) is 61.3 Å². The summed E-state index contributed by atoms with van der Waals surface area (Å²) in [5.74, 6) is 1.15. The van der Waals surface area contributed by atoms with Gasteiger partial charge >= 0.3 is 0 Å². The lowest BCUT2D eigenvalue weighted by atomic mass is 10.0. The second kappa shape index (κ2) is 14.7. The summed E-state index contributed by atoms with van der Waals surface area (Å²) >= 11 is -1.52. The van der Waals surface area contributed by atoms with Crippen molar-refractivity contribution in [1.82, 2.24) is 29.5 Å². The van der Waals surface area contributed by atoms with E-state index in [9.17, 15) is 9.66 Å². The Labute approximate surface area is 282 Å². The van der Waals surface area contributed by atoms with E-state index in [0.717, 1.165) is 16.5 Å². The Balaban J connectivity index is 1.78. The van der Waals surface area contributed by atoms with E-state index in [-0.39, 0.29) is 5.04 Å². The van der Waals surface area contributed by atoms with Crippen molar-refractivity contribution in [2.75, 3.05) is 20.3 Å². The topological polar surface area (TPSA) is 140 Å². The molecule has 3 heterocycles. The van der Waals surface area contributed by atoms with Crippen molar-refractivity contribution in [2.45, 2.75) is 96.5 Å². The average Bonchev–Trinajstić information content (AvgIpc) is 3.44. The number of hydrogen-bond acceptors (Lipinski definition) is 10. The molecule has 0 spiro atoms. The van der Waals surface area contributed by atoms with Crippen molar-refractivity contribution in [3.8, 4) is 22.8 Å². The van der Waals surface area contributed by atoms with Gasteiger partial charge in [0, 0.05) is 24.0 Å². The van der Waals surface area contributed by atoms with Gasteiger partial charge < -0.3 is 23.6 Å². The lowest BCUT2D eigenvalue weighted by Gasteiger charge is -2.36. The summed E-state index contributed by atoms with van der Waals surface area (Å²) in [7, 11) is -0.363. The SMILES string of the molecule is CCC[C@@](O)(N[S+]([O-])C(C)(C)C)c1cccc(-c2cc(OCCOC)c3cnn(-c4cncc(CO[Si](C)(C)C(C)(C)C)n4)c3c2)n1. The summed E-state index contributed by atoms with van der Waals surface area (Å²) in [6.07, 6.45) is 6.13. The first-order chi connectivity index (χ1) is 22.0. The molecule has 0 radical (unpaired) electrons. The molecule has 1 aromatic carbocycles. The van der Waals surface area contributed by atoms with E-state index < -0.39 is 30.2 Å². The maximum atomic E-state index is 13.1. The van der Waals surface area contributed by atoms with Gasteiger partial charge in [0.25, 0.3) is 0 Å². The normalized spacial score (nSPS) is 14.7. The van der Waals surface area contributed by atoms with Gasteiger partial charge in [0.05, 0.1) is 59.8 Å². The van der Waals surface area contributed by atoms with Gasteiger partial charge in [-0.25, -0.2) is 14.6 Å². The number of pyridine rings is 1. The van der Waals surface area contributed by atoms with Gasteiger partial charge in [-0.05, 0) is 69.6 Å². The highest BCUT2D eigenvalue weighted by molar-refractivity contribution is 7.90. The zero-order chi connectivity index (χ0) is 34.6. The number of methoxy groups -OCH3 is 1. The van der Waals surface area contributed by atoms with Gasteiger partial charge in [-0.3, -0.25) is 4.98 Å². The number of rotatable bonds is 14. The van der Waals surface area contributed by atoms with Crippen molar-refractivity contribution in [2.24, 2.45) is 0 Å². The van der Waals surface area contributed by atoms with Crippen LogP contribution < -0.4 is 9.46 Å². The third-order valence-corrected chi connectivity index (χ3v) is 14.5. The second-order valence-electron chi connectivity index (χ2n) is 14.2. The summed E-state index contributed by atoms with van der Waals surface area (Å²) in [6.45, 7) is 19.7. The highest BCUT2D eigenvalue weighted by Gasteiger charge is 2.40. The Morgan fingerprint density at radius 1 is 1.02 bits per heavy atom. The minimum atomic E-state index is -1.99. The van der Waals surface area contributed by atoms with E-state index >= 15 is 0 Å². The molecule has 2 N–H and O–H groups in total.